The minimum Gasteiger partial charge on any atom is -0.310 e. The van der Waals surface area contributed by atoms with Gasteiger partial charge in [-0.2, -0.15) is 0 Å². The third-order valence-corrected chi connectivity index (χ3v) is 3.24. The van der Waals surface area contributed by atoms with Crippen molar-refractivity contribution in [2.75, 3.05) is 6.54 Å². The third kappa shape index (κ3) is 4.16. The fraction of sp³-hybridized carbons (Fsp3) is 0.625. The summed E-state index contributed by atoms with van der Waals surface area (Å²) in [7, 11) is 0. The number of nitrogens with one attached hydrogen (secondary N) is 1. The van der Waals surface area contributed by atoms with Crippen LogP contribution in [-0.2, 0) is 0 Å². The van der Waals surface area contributed by atoms with Gasteiger partial charge in [-0.3, -0.25) is 0 Å². The van der Waals surface area contributed by atoms with Crippen LogP contribution in [0.25, 0.3) is 0 Å². The van der Waals surface area contributed by atoms with Gasteiger partial charge >= 0.3 is 0 Å². The molecule has 0 heterocycles. The molecule has 1 aromatic carbocycles. The van der Waals surface area contributed by atoms with Crippen LogP contribution in [0.15, 0.2) is 18.2 Å². The van der Waals surface area contributed by atoms with E-state index in [9.17, 15) is 0 Å². The first-order valence-electron chi connectivity index (χ1n) is 6.85. The molecule has 0 saturated carbocycles. The molecule has 1 unspecified atom stereocenters. The average Bonchev–Trinajstić information content (AvgIpc) is 2.24. The molecule has 0 fully saturated rings. The van der Waals surface area contributed by atoms with E-state index in [1.807, 2.05) is 0 Å². The molecule has 0 saturated heterocycles. The van der Waals surface area contributed by atoms with Crippen molar-refractivity contribution in [1.82, 2.24) is 5.32 Å². The maximum absolute atomic E-state index is 3.70. The van der Waals surface area contributed by atoms with Crippen LogP contribution in [-0.4, -0.2) is 6.54 Å². The van der Waals surface area contributed by atoms with Crippen LogP contribution in [0.3, 0.4) is 0 Å². The minimum absolute atomic E-state index is 0.510. The van der Waals surface area contributed by atoms with Gasteiger partial charge in [-0.25, -0.2) is 0 Å². The van der Waals surface area contributed by atoms with Crippen molar-refractivity contribution in [3.8, 4) is 0 Å². The van der Waals surface area contributed by atoms with E-state index in [4.69, 9.17) is 0 Å². The summed E-state index contributed by atoms with van der Waals surface area (Å²) in [5, 5.41) is 3.70. The second-order valence-electron chi connectivity index (χ2n) is 5.44. The smallest absolute Gasteiger partial charge is 0.0327 e. The predicted molar refractivity (Wildman–Crippen MR) is 76.4 cm³/mol. The highest BCUT2D eigenvalue weighted by atomic mass is 14.9. The second kappa shape index (κ2) is 6.80. The average molecular weight is 233 g/mol. The number of hydrogen-bond donors (Lipinski definition) is 1. The van der Waals surface area contributed by atoms with Gasteiger partial charge in [0.25, 0.3) is 0 Å². The van der Waals surface area contributed by atoms with E-state index < -0.39 is 0 Å². The minimum atomic E-state index is 0.510. The van der Waals surface area contributed by atoms with E-state index >= 15 is 0 Å². The van der Waals surface area contributed by atoms with Gasteiger partial charge in [0.05, 0.1) is 0 Å². The Morgan fingerprint density at radius 3 is 2.18 bits per heavy atom. The molecule has 17 heavy (non-hydrogen) atoms. The lowest BCUT2D eigenvalue weighted by Crippen LogP contribution is -2.25. The lowest BCUT2D eigenvalue weighted by molar-refractivity contribution is 0.427. The van der Waals surface area contributed by atoms with E-state index in [0.717, 1.165) is 12.5 Å². The van der Waals surface area contributed by atoms with Gasteiger partial charge in [0.1, 0.15) is 0 Å². The van der Waals surface area contributed by atoms with Gasteiger partial charge in [-0.15, -0.1) is 0 Å². The maximum Gasteiger partial charge on any atom is 0.0327 e. The quantitative estimate of drug-likeness (QED) is 0.768. The van der Waals surface area contributed by atoms with E-state index in [1.165, 1.54) is 29.5 Å². The van der Waals surface area contributed by atoms with Crippen LogP contribution in [0, 0.1) is 19.8 Å². The molecule has 96 valence electrons. The summed E-state index contributed by atoms with van der Waals surface area (Å²) in [5.41, 5.74) is 4.34. The van der Waals surface area contributed by atoms with Gasteiger partial charge in [-0.1, -0.05) is 39.0 Å². The van der Waals surface area contributed by atoms with Gasteiger partial charge in [0.15, 0.2) is 0 Å². The van der Waals surface area contributed by atoms with Crippen LogP contribution in [0.1, 0.15) is 56.3 Å². The molecule has 0 aliphatic rings. The summed E-state index contributed by atoms with van der Waals surface area (Å²) in [6.45, 7) is 12.4. The Morgan fingerprint density at radius 1 is 1.12 bits per heavy atom. The molecule has 1 atom stereocenters. The van der Waals surface area contributed by atoms with Crippen LogP contribution in [0.2, 0.25) is 0 Å². The first-order chi connectivity index (χ1) is 8.06. The molecular formula is C16H27N. The summed E-state index contributed by atoms with van der Waals surface area (Å²) in [4.78, 5) is 0. The number of rotatable bonds is 6. The Hall–Kier alpha value is -0.820. The highest BCUT2D eigenvalue weighted by molar-refractivity contribution is 5.36. The van der Waals surface area contributed by atoms with Gasteiger partial charge in [-0.05, 0) is 55.8 Å². The molecule has 1 rings (SSSR count). The monoisotopic (exact) mass is 233 g/mol. The third-order valence-electron chi connectivity index (χ3n) is 3.24. The van der Waals surface area contributed by atoms with E-state index in [1.54, 1.807) is 0 Å². The zero-order chi connectivity index (χ0) is 12.8. The molecule has 0 bridgehead atoms. The van der Waals surface area contributed by atoms with Crippen LogP contribution < -0.4 is 5.32 Å². The van der Waals surface area contributed by atoms with Crippen molar-refractivity contribution in [3.63, 3.8) is 0 Å². The van der Waals surface area contributed by atoms with Crippen molar-refractivity contribution < 1.29 is 0 Å². The molecule has 1 nitrogen and oxygen atoms in total. The molecule has 0 aliphatic carbocycles. The molecule has 1 aromatic rings. The Morgan fingerprint density at radius 2 is 1.71 bits per heavy atom. The molecule has 0 aliphatic heterocycles. The summed E-state index contributed by atoms with van der Waals surface area (Å²) in [5.74, 6) is 0.725. The molecule has 0 radical (unpaired) electrons. The van der Waals surface area contributed by atoms with Crippen molar-refractivity contribution in [3.05, 3.63) is 34.9 Å². The lowest BCUT2D eigenvalue weighted by atomic mass is 9.90. The van der Waals surface area contributed by atoms with E-state index in [-0.39, 0.29) is 0 Å². The highest BCUT2D eigenvalue weighted by Gasteiger charge is 2.16. The fourth-order valence-electron chi connectivity index (χ4n) is 2.47. The SMILES string of the molecule is CCCNC(CC(C)C)c1c(C)cccc1C. The number of hydrogen-bond acceptors (Lipinski definition) is 1. The second-order valence-corrected chi connectivity index (χ2v) is 5.44. The molecule has 1 heteroatoms. The Bertz CT molecular complexity index is 321. The lowest BCUT2D eigenvalue weighted by Gasteiger charge is -2.24. The Labute approximate surface area is 107 Å². The largest absolute Gasteiger partial charge is 0.310 e. The number of aryl methyl sites for hydroxylation is 2. The summed E-state index contributed by atoms with van der Waals surface area (Å²) in [6.07, 6.45) is 2.41. The van der Waals surface area contributed by atoms with E-state index in [2.05, 4.69) is 58.1 Å². The van der Waals surface area contributed by atoms with Crippen LogP contribution in [0.5, 0.6) is 0 Å². The number of benzene rings is 1. The van der Waals surface area contributed by atoms with Crippen LogP contribution in [0.4, 0.5) is 0 Å². The van der Waals surface area contributed by atoms with Gasteiger partial charge in [0.2, 0.25) is 0 Å². The zero-order valence-corrected chi connectivity index (χ0v) is 12.0. The summed E-state index contributed by atoms with van der Waals surface area (Å²) < 4.78 is 0. The molecular weight excluding hydrogens is 206 g/mol. The van der Waals surface area contributed by atoms with Crippen molar-refractivity contribution in [1.29, 1.82) is 0 Å². The van der Waals surface area contributed by atoms with Crippen molar-refractivity contribution in [2.45, 2.75) is 53.5 Å². The van der Waals surface area contributed by atoms with Crippen molar-refractivity contribution >= 4 is 0 Å². The normalized spacial score (nSPS) is 13.1. The molecule has 0 spiro atoms. The maximum atomic E-state index is 3.70. The Balaban J connectivity index is 2.94. The molecule has 0 aromatic heterocycles. The first-order valence-corrected chi connectivity index (χ1v) is 6.85. The standard InChI is InChI=1S/C16H27N/c1-6-10-17-15(11-12(2)3)16-13(4)8-7-9-14(16)5/h7-9,12,15,17H,6,10-11H2,1-5H3. The zero-order valence-electron chi connectivity index (χ0n) is 12.0. The fourth-order valence-corrected chi connectivity index (χ4v) is 2.47. The molecule has 1 N–H and O–H groups in total. The topological polar surface area (TPSA) is 12.0 Å². The predicted octanol–water partition coefficient (Wildman–Crippen LogP) is 4.39. The van der Waals surface area contributed by atoms with Gasteiger partial charge in [0, 0.05) is 6.04 Å². The molecule has 0 amide bonds. The Kier molecular flexibility index (Phi) is 5.70. The highest BCUT2D eigenvalue weighted by Crippen LogP contribution is 2.27. The van der Waals surface area contributed by atoms with Crippen LogP contribution >= 0.6 is 0 Å². The van der Waals surface area contributed by atoms with Crippen molar-refractivity contribution in [2.24, 2.45) is 5.92 Å². The van der Waals surface area contributed by atoms with Gasteiger partial charge < -0.3 is 5.32 Å². The first kappa shape index (κ1) is 14.2. The van der Waals surface area contributed by atoms with E-state index in [0.29, 0.717) is 6.04 Å². The summed E-state index contributed by atoms with van der Waals surface area (Å²) >= 11 is 0. The summed E-state index contributed by atoms with van der Waals surface area (Å²) in [6, 6.07) is 7.11.